The van der Waals surface area contributed by atoms with Crippen LogP contribution in [-0.4, -0.2) is 44.2 Å². The maximum absolute atomic E-state index is 9.50. The molecule has 0 unspecified atom stereocenters. The highest BCUT2D eigenvalue weighted by Gasteiger charge is 2.21. The Morgan fingerprint density at radius 1 is 1.35 bits per heavy atom. The summed E-state index contributed by atoms with van der Waals surface area (Å²) in [5.41, 5.74) is 1.37. The Balaban J connectivity index is 2.01. The second-order valence-corrected chi connectivity index (χ2v) is 4.47. The van der Waals surface area contributed by atoms with Gasteiger partial charge in [-0.25, -0.2) is 4.98 Å². The van der Waals surface area contributed by atoms with E-state index in [2.05, 4.69) is 24.8 Å². The number of aliphatic hydroxyl groups is 1. The van der Waals surface area contributed by atoms with Crippen molar-refractivity contribution >= 4 is 28.6 Å². The number of aromatic amines is 1. The first-order valence-corrected chi connectivity index (χ1v) is 5.91. The van der Waals surface area contributed by atoms with E-state index in [9.17, 15) is 5.11 Å². The average molecular weight is 254 g/mol. The van der Waals surface area contributed by atoms with Crippen molar-refractivity contribution in [1.29, 1.82) is 0 Å². The minimum absolute atomic E-state index is 0.200. The molecule has 1 aliphatic heterocycles. The molecular weight excluding hydrogens is 242 g/mol. The van der Waals surface area contributed by atoms with Crippen molar-refractivity contribution in [2.24, 2.45) is 0 Å². The summed E-state index contributed by atoms with van der Waals surface area (Å²) in [7, 11) is 0. The van der Waals surface area contributed by atoms with Gasteiger partial charge in [0, 0.05) is 13.1 Å². The van der Waals surface area contributed by atoms with Crippen molar-refractivity contribution in [3.8, 4) is 0 Å². The summed E-state index contributed by atoms with van der Waals surface area (Å²) in [4.78, 5) is 17.5. The van der Waals surface area contributed by atoms with E-state index < -0.39 is 0 Å². The molecule has 3 rings (SSSR count). The van der Waals surface area contributed by atoms with Crippen molar-refractivity contribution < 1.29 is 5.11 Å². The van der Waals surface area contributed by atoms with Crippen LogP contribution in [0.1, 0.15) is 12.8 Å². The summed E-state index contributed by atoms with van der Waals surface area (Å²) in [5.74, 6) is 0.768. The lowest BCUT2D eigenvalue weighted by molar-refractivity contribution is 0.145. The molecule has 1 aliphatic rings. The highest BCUT2D eigenvalue weighted by molar-refractivity contribution is 6.28. The van der Waals surface area contributed by atoms with Gasteiger partial charge in [-0.3, -0.25) is 0 Å². The lowest BCUT2D eigenvalue weighted by Gasteiger charge is -2.30. The monoisotopic (exact) mass is 253 g/mol. The minimum atomic E-state index is -0.208. The number of aromatic nitrogens is 4. The van der Waals surface area contributed by atoms with Crippen LogP contribution < -0.4 is 4.90 Å². The van der Waals surface area contributed by atoms with Gasteiger partial charge in [0.05, 0.1) is 12.4 Å². The molecule has 0 radical (unpaired) electrons. The SMILES string of the molecule is OC1CCN(c2nc(Cl)nc3nc[nH]c23)CC1. The smallest absolute Gasteiger partial charge is 0.226 e. The van der Waals surface area contributed by atoms with Gasteiger partial charge in [-0.15, -0.1) is 0 Å². The molecule has 0 aromatic carbocycles. The number of imidazole rings is 1. The van der Waals surface area contributed by atoms with Gasteiger partial charge >= 0.3 is 0 Å². The third-order valence-corrected chi connectivity index (χ3v) is 3.17. The highest BCUT2D eigenvalue weighted by atomic mass is 35.5. The van der Waals surface area contributed by atoms with Crippen LogP contribution in [0.5, 0.6) is 0 Å². The first kappa shape index (κ1) is 10.7. The molecular formula is C10H12ClN5O. The predicted octanol–water partition coefficient (Wildman–Crippen LogP) is 0.967. The highest BCUT2D eigenvalue weighted by Crippen LogP contribution is 2.25. The van der Waals surface area contributed by atoms with Gasteiger partial charge in [0.1, 0.15) is 5.52 Å². The Morgan fingerprint density at radius 2 is 2.12 bits per heavy atom. The van der Waals surface area contributed by atoms with Crippen LogP contribution in [-0.2, 0) is 0 Å². The number of halogens is 1. The zero-order chi connectivity index (χ0) is 11.8. The molecule has 2 aromatic heterocycles. The Kier molecular flexibility index (Phi) is 2.60. The predicted molar refractivity (Wildman–Crippen MR) is 64.1 cm³/mol. The van der Waals surface area contributed by atoms with Crippen molar-refractivity contribution in [2.45, 2.75) is 18.9 Å². The summed E-state index contributed by atoms with van der Waals surface area (Å²) < 4.78 is 0. The summed E-state index contributed by atoms with van der Waals surface area (Å²) in [6.45, 7) is 1.53. The molecule has 7 heteroatoms. The van der Waals surface area contributed by atoms with E-state index in [0.29, 0.717) is 5.65 Å². The second-order valence-electron chi connectivity index (χ2n) is 4.14. The third kappa shape index (κ3) is 1.94. The molecule has 0 amide bonds. The molecule has 3 heterocycles. The van der Waals surface area contributed by atoms with Gasteiger partial charge in [-0.1, -0.05) is 0 Å². The Bertz CT molecular complexity index is 534. The van der Waals surface area contributed by atoms with Gasteiger partial charge in [-0.05, 0) is 24.4 Å². The largest absolute Gasteiger partial charge is 0.393 e. The molecule has 2 aromatic rings. The van der Waals surface area contributed by atoms with E-state index in [1.807, 2.05) is 0 Å². The van der Waals surface area contributed by atoms with Crippen LogP contribution in [0.4, 0.5) is 5.82 Å². The van der Waals surface area contributed by atoms with Crippen LogP contribution in [0.15, 0.2) is 6.33 Å². The summed E-state index contributed by atoms with van der Waals surface area (Å²) in [6, 6.07) is 0. The molecule has 1 saturated heterocycles. The van der Waals surface area contributed by atoms with E-state index >= 15 is 0 Å². The van der Waals surface area contributed by atoms with Gasteiger partial charge < -0.3 is 15.0 Å². The quantitative estimate of drug-likeness (QED) is 0.741. The van der Waals surface area contributed by atoms with Crippen molar-refractivity contribution in [2.75, 3.05) is 18.0 Å². The van der Waals surface area contributed by atoms with Gasteiger partial charge in [0.2, 0.25) is 5.28 Å². The number of nitrogens with one attached hydrogen (secondary N) is 1. The standard InChI is InChI=1S/C10H12ClN5O/c11-10-14-8-7(12-5-13-8)9(15-10)16-3-1-6(17)2-4-16/h5-6,17H,1-4H2,(H,12,13,14,15). The molecule has 90 valence electrons. The van der Waals surface area contributed by atoms with Gasteiger partial charge in [-0.2, -0.15) is 9.97 Å². The van der Waals surface area contributed by atoms with E-state index in [0.717, 1.165) is 37.3 Å². The normalized spacial score (nSPS) is 17.9. The Morgan fingerprint density at radius 3 is 2.88 bits per heavy atom. The Labute approximate surface area is 103 Å². The number of fused-ring (bicyclic) bond motifs is 1. The van der Waals surface area contributed by atoms with E-state index in [1.165, 1.54) is 0 Å². The lowest BCUT2D eigenvalue weighted by atomic mass is 10.1. The maximum Gasteiger partial charge on any atom is 0.226 e. The third-order valence-electron chi connectivity index (χ3n) is 3.00. The molecule has 1 fully saturated rings. The number of nitrogens with zero attached hydrogens (tertiary/aromatic N) is 4. The van der Waals surface area contributed by atoms with Gasteiger partial charge in [0.15, 0.2) is 11.5 Å². The van der Waals surface area contributed by atoms with Crippen LogP contribution in [0.25, 0.3) is 11.2 Å². The summed E-state index contributed by atoms with van der Waals surface area (Å²) in [5, 5.41) is 9.70. The number of rotatable bonds is 1. The van der Waals surface area contributed by atoms with Crippen LogP contribution in [0.3, 0.4) is 0 Å². The molecule has 2 N–H and O–H groups in total. The van der Waals surface area contributed by atoms with Gasteiger partial charge in [0.25, 0.3) is 0 Å². The summed E-state index contributed by atoms with van der Waals surface area (Å²) in [6.07, 6.45) is 2.87. The first-order chi connectivity index (χ1) is 8.24. The molecule has 0 aliphatic carbocycles. The fourth-order valence-corrected chi connectivity index (χ4v) is 2.26. The van der Waals surface area contributed by atoms with Crippen LogP contribution in [0, 0.1) is 0 Å². The molecule has 17 heavy (non-hydrogen) atoms. The fourth-order valence-electron chi connectivity index (χ4n) is 2.10. The number of hydrogen-bond donors (Lipinski definition) is 2. The molecule has 0 atom stereocenters. The first-order valence-electron chi connectivity index (χ1n) is 5.53. The van der Waals surface area contributed by atoms with Crippen molar-refractivity contribution in [3.05, 3.63) is 11.6 Å². The fraction of sp³-hybridized carbons (Fsp3) is 0.500. The van der Waals surface area contributed by atoms with Crippen molar-refractivity contribution in [1.82, 2.24) is 19.9 Å². The lowest BCUT2D eigenvalue weighted by Crippen LogP contribution is -2.36. The zero-order valence-electron chi connectivity index (χ0n) is 9.10. The maximum atomic E-state index is 9.50. The van der Waals surface area contributed by atoms with E-state index in [1.54, 1.807) is 6.33 Å². The van der Waals surface area contributed by atoms with E-state index in [-0.39, 0.29) is 11.4 Å². The van der Waals surface area contributed by atoms with Crippen LogP contribution >= 0.6 is 11.6 Å². The number of aliphatic hydroxyl groups excluding tert-OH is 1. The van der Waals surface area contributed by atoms with Crippen molar-refractivity contribution in [3.63, 3.8) is 0 Å². The number of H-pyrrole nitrogens is 1. The second kappa shape index (κ2) is 4.12. The minimum Gasteiger partial charge on any atom is -0.393 e. The number of anilines is 1. The molecule has 0 saturated carbocycles. The summed E-state index contributed by atoms with van der Waals surface area (Å²) >= 11 is 5.88. The number of piperidine rings is 1. The molecule has 0 bridgehead atoms. The molecule has 0 spiro atoms. The number of hydrogen-bond acceptors (Lipinski definition) is 5. The Hall–Kier alpha value is -1.40. The van der Waals surface area contributed by atoms with Crippen LogP contribution in [0.2, 0.25) is 5.28 Å². The molecule has 6 nitrogen and oxygen atoms in total. The zero-order valence-corrected chi connectivity index (χ0v) is 9.85. The average Bonchev–Trinajstić information content (AvgIpc) is 2.77. The topological polar surface area (TPSA) is 77.9 Å². The van der Waals surface area contributed by atoms with E-state index in [4.69, 9.17) is 11.6 Å².